The number of halogens is 2. The van der Waals surface area contributed by atoms with E-state index in [1.807, 2.05) is 6.92 Å². The zero-order valence-corrected chi connectivity index (χ0v) is 23.0. The summed E-state index contributed by atoms with van der Waals surface area (Å²) >= 11 is 6.07. The van der Waals surface area contributed by atoms with Gasteiger partial charge in [0.15, 0.2) is 0 Å². The largest absolute Gasteiger partial charge is 0.477 e. The molecule has 0 aromatic carbocycles. The van der Waals surface area contributed by atoms with Crippen molar-refractivity contribution >= 4 is 23.4 Å². The molecule has 1 aromatic rings. The van der Waals surface area contributed by atoms with Crippen LogP contribution in [0.5, 0.6) is 0 Å². The normalized spacial score (nSPS) is 20.4. The van der Waals surface area contributed by atoms with Gasteiger partial charge in [-0.3, -0.25) is 10.3 Å². The molecule has 0 bridgehead atoms. The lowest BCUT2D eigenvalue weighted by atomic mass is 9.97. The molecule has 0 saturated carbocycles. The number of ether oxygens (including phenoxy) is 1. The minimum atomic E-state index is -0.999. The quantitative estimate of drug-likeness (QED) is 0.220. The Hall–Kier alpha value is -1.93. The Kier molecular flexibility index (Phi) is 12.2. The molecule has 1 saturated heterocycles. The van der Waals surface area contributed by atoms with Gasteiger partial charge in [0.05, 0.1) is 29.6 Å². The summed E-state index contributed by atoms with van der Waals surface area (Å²) in [6.07, 6.45) is 6.56. The lowest BCUT2D eigenvalue weighted by molar-refractivity contribution is 0.0691. The van der Waals surface area contributed by atoms with E-state index in [1.165, 1.54) is 12.6 Å². The van der Waals surface area contributed by atoms with E-state index in [-0.39, 0.29) is 11.9 Å². The number of allylic oxidation sites excluding steroid dienone is 1. The first kappa shape index (κ1) is 29.3. The van der Waals surface area contributed by atoms with Crippen LogP contribution >= 0.6 is 11.6 Å². The molecule has 7 nitrogen and oxygen atoms in total. The first-order chi connectivity index (χ1) is 16.7. The zero-order valence-electron chi connectivity index (χ0n) is 22.3. The third kappa shape index (κ3) is 9.22. The van der Waals surface area contributed by atoms with Crippen molar-refractivity contribution in [1.82, 2.24) is 20.2 Å². The molecule has 1 aliphatic heterocycles. The molecule has 2 rings (SSSR count). The molecule has 3 atom stereocenters. The molecule has 0 radical (unpaired) electrons. The van der Waals surface area contributed by atoms with Gasteiger partial charge in [0, 0.05) is 24.8 Å². The third-order valence-electron chi connectivity index (χ3n) is 6.55. The number of nitrogens with one attached hydrogen (secondary N) is 3. The number of aromatic nitrogens is 2. The van der Waals surface area contributed by atoms with Crippen LogP contribution in [0.3, 0.4) is 0 Å². The average molecular weight is 511 g/mol. The van der Waals surface area contributed by atoms with E-state index in [0.29, 0.717) is 59.6 Å². The molecule has 9 heteroatoms. The molecule has 35 heavy (non-hydrogen) atoms. The number of aryl methyl sites for hydroxylation is 1. The highest BCUT2D eigenvalue weighted by molar-refractivity contribution is 6.31. The number of unbranched alkanes of at least 4 members (excludes halogenated alkanes) is 1. The van der Waals surface area contributed by atoms with Crippen molar-refractivity contribution in [3.05, 3.63) is 28.3 Å². The number of piperidine rings is 1. The summed E-state index contributed by atoms with van der Waals surface area (Å²) in [5.41, 5.74) is 1.67. The van der Waals surface area contributed by atoms with E-state index in [2.05, 4.69) is 53.2 Å². The van der Waals surface area contributed by atoms with E-state index < -0.39 is 6.17 Å². The molecular formula is C26H44ClFN6O. The van der Waals surface area contributed by atoms with Crippen molar-refractivity contribution in [1.29, 1.82) is 5.41 Å². The fraction of sp³-hybridized carbons (Fsp3) is 0.731. The third-order valence-corrected chi connectivity index (χ3v) is 6.92. The first-order valence-corrected chi connectivity index (χ1v) is 13.4. The van der Waals surface area contributed by atoms with Crippen LogP contribution in [0, 0.1) is 18.3 Å². The summed E-state index contributed by atoms with van der Waals surface area (Å²) in [5, 5.41) is 15.4. The Morgan fingerprint density at radius 3 is 2.69 bits per heavy atom. The fourth-order valence-corrected chi connectivity index (χ4v) is 4.36. The number of hydrogen-bond donors (Lipinski definition) is 3. The van der Waals surface area contributed by atoms with Gasteiger partial charge in [-0.05, 0) is 45.4 Å². The molecule has 1 fully saturated rings. The molecule has 2 heterocycles. The van der Waals surface area contributed by atoms with Crippen LogP contribution in [-0.2, 0) is 4.74 Å². The maximum atomic E-state index is 15.3. The monoisotopic (exact) mass is 510 g/mol. The summed E-state index contributed by atoms with van der Waals surface area (Å²) in [4.78, 5) is 10.9. The van der Waals surface area contributed by atoms with Crippen LogP contribution in [0.1, 0.15) is 78.8 Å². The highest BCUT2D eigenvalue weighted by atomic mass is 35.5. The molecule has 1 aliphatic rings. The predicted octanol–water partition coefficient (Wildman–Crippen LogP) is 6.09. The predicted molar refractivity (Wildman–Crippen MR) is 143 cm³/mol. The number of anilines is 1. The standard InChI is InChI=1S/C26H44ClFN6O/c1-7-9-10-20(8-2)34-13-11-23(22(28)16-34)31-19(6)24(25(29)35-14-12-17(3)4)33-26-30-15-21(27)18(5)32-26/h15,17,20,22-23,29,31H,7-14,16H2,1-6H3,(H,30,32,33)/b24-19+,29-25?. The van der Waals surface area contributed by atoms with Gasteiger partial charge in [0.25, 0.3) is 0 Å². The number of alkyl halides is 1. The van der Waals surface area contributed by atoms with Gasteiger partial charge in [-0.1, -0.05) is 52.1 Å². The Morgan fingerprint density at radius 1 is 1.34 bits per heavy atom. The van der Waals surface area contributed by atoms with Crippen molar-refractivity contribution in [2.24, 2.45) is 5.92 Å². The molecular weight excluding hydrogens is 467 g/mol. The lowest BCUT2D eigenvalue weighted by Gasteiger charge is -2.40. The van der Waals surface area contributed by atoms with Crippen LogP contribution in [0.2, 0.25) is 5.02 Å². The lowest BCUT2D eigenvalue weighted by Crippen LogP contribution is -2.53. The van der Waals surface area contributed by atoms with E-state index in [1.54, 1.807) is 6.92 Å². The van der Waals surface area contributed by atoms with E-state index in [9.17, 15) is 0 Å². The van der Waals surface area contributed by atoms with Gasteiger partial charge in [0.1, 0.15) is 11.9 Å². The highest BCUT2D eigenvalue weighted by Crippen LogP contribution is 2.23. The van der Waals surface area contributed by atoms with E-state index >= 15 is 4.39 Å². The van der Waals surface area contributed by atoms with Crippen molar-refractivity contribution in [3.63, 3.8) is 0 Å². The van der Waals surface area contributed by atoms with Crippen molar-refractivity contribution < 1.29 is 9.13 Å². The molecule has 0 aliphatic carbocycles. The number of likely N-dealkylation sites (tertiary alicyclic amines) is 1. The van der Waals surface area contributed by atoms with Gasteiger partial charge in [-0.15, -0.1) is 0 Å². The van der Waals surface area contributed by atoms with E-state index in [4.69, 9.17) is 21.7 Å². The summed E-state index contributed by atoms with van der Waals surface area (Å²) < 4.78 is 21.0. The molecule has 0 spiro atoms. The van der Waals surface area contributed by atoms with Gasteiger partial charge < -0.3 is 15.4 Å². The minimum Gasteiger partial charge on any atom is -0.477 e. The molecule has 1 aromatic heterocycles. The van der Waals surface area contributed by atoms with Crippen LogP contribution in [0.15, 0.2) is 17.6 Å². The fourth-order valence-electron chi connectivity index (χ4n) is 4.27. The maximum Gasteiger partial charge on any atom is 0.232 e. The average Bonchev–Trinajstić information content (AvgIpc) is 2.81. The second-order valence-corrected chi connectivity index (χ2v) is 10.3. The van der Waals surface area contributed by atoms with Crippen LogP contribution < -0.4 is 10.6 Å². The maximum absolute atomic E-state index is 15.3. The Balaban J connectivity index is 2.15. The zero-order chi connectivity index (χ0) is 26.0. The van der Waals surface area contributed by atoms with Gasteiger partial charge in [-0.25, -0.2) is 14.4 Å². The molecule has 198 valence electrons. The van der Waals surface area contributed by atoms with Crippen molar-refractivity contribution in [2.75, 3.05) is 25.0 Å². The molecule has 0 amide bonds. The molecule has 3 N–H and O–H groups in total. The smallest absolute Gasteiger partial charge is 0.232 e. The summed E-state index contributed by atoms with van der Waals surface area (Å²) in [6.45, 7) is 13.9. The van der Waals surface area contributed by atoms with E-state index in [0.717, 1.165) is 32.2 Å². The van der Waals surface area contributed by atoms with Crippen molar-refractivity contribution in [3.8, 4) is 0 Å². The number of rotatable bonds is 13. The number of nitrogens with zero attached hydrogens (tertiary/aromatic N) is 3. The highest BCUT2D eigenvalue weighted by Gasteiger charge is 2.32. The summed E-state index contributed by atoms with van der Waals surface area (Å²) in [6, 6.07) is 0.110. The van der Waals surface area contributed by atoms with Gasteiger partial charge in [0.2, 0.25) is 11.8 Å². The first-order valence-electron chi connectivity index (χ1n) is 13.0. The van der Waals surface area contributed by atoms with Crippen LogP contribution in [0.4, 0.5) is 10.3 Å². The Morgan fingerprint density at radius 2 is 2.09 bits per heavy atom. The molecule has 3 unspecified atom stereocenters. The summed E-state index contributed by atoms with van der Waals surface area (Å²) in [7, 11) is 0. The topological polar surface area (TPSA) is 86.2 Å². The number of hydrogen-bond acceptors (Lipinski definition) is 7. The second-order valence-electron chi connectivity index (χ2n) is 9.87. The van der Waals surface area contributed by atoms with Crippen LogP contribution in [-0.4, -0.2) is 58.7 Å². The van der Waals surface area contributed by atoms with Gasteiger partial charge >= 0.3 is 0 Å². The Labute approximate surface area is 215 Å². The Bertz CT molecular complexity index is 849. The summed E-state index contributed by atoms with van der Waals surface area (Å²) in [5.74, 6) is 0.755. The second kappa shape index (κ2) is 14.6. The SMILES string of the molecule is CCCCC(CC)N1CCC(N/C(C)=C(/Nc2ncc(Cl)c(C)n2)C(=N)OCCC(C)C)C(F)C1. The van der Waals surface area contributed by atoms with Crippen LogP contribution in [0.25, 0.3) is 0 Å². The van der Waals surface area contributed by atoms with Crippen molar-refractivity contribution in [2.45, 2.75) is 98.3 Å². The minimum absolute atomic E-state index is 0.0229. The van der Waals surface area contributed by atoms with Gasteiger partial charge in [-0.2, -0.15) is 0 Å².